The first kappa shape index (κ1) is 23.0. The normalized spacial score (nSPS) is 11.1. The summed E-state index contributed by atoms with van der Waals surface area (Å²) >= 11 is 0. The van der Waals surface area contributed by atoms with Gasteiger partial charge in [0.1, 0.15) is 11.5 Å². The number of methoxy groups -OCH3 is 1. The standard InChI is InChI=1S/C22H20F2N2O5S/c1-30-18-11-9-17(10-12-18)26-32(28,29)19-7-4-6-15(13-19)21(27)25-14-16-5-2-3-8-20(16)31-22(23)24/h2-13,22,26H,14H2,1H3,(H,25,27). The van der Waals surface area contributed by atoms with E-state index in [1.807, 2.05) is 0 Å². The lowest BCUT2D eigenvalue weighted by atomic mass is 10.1. The van der Waals surface area contributed by atoms with Crippen LogP contribution in [0.15, 0.2) is 77.7 Å². The largest absolute Gasteiger partial charge is 0.497 e. The van der Waals surface area contributed by atoms with Gasteiger partial charge < -0.3 is 14.8 Å². The molecule has 1 amide bonds. The van der Waals surface area contributed by atoms with Crippen LogP contribution in [0.5, 0.6) is 11.5 Å². The quantitative estimate of drug-likeness (QED) is 0.501. The zero-order valence-electron chi connectivity index (χ0n) is 16.9. The number of hydrogen-bond donors (Lipinski definition) is 2. The molecule has 0 aliphatic rings. The van der Waals surface area contributed by atoms with Crippen molar-refractivity contribution in [3.05, 3.63) is 83.9 Å². The number of para-hydroxylation sites is 1. The van der Waals surface area contributed by atoms with E-state index in [0.29, 0.717) is 17.0 Å². The molecule has 3 rings (SSSR count). The molecule has 0 heterocycles. The molecule has 0 saturated heterocycles. The Morgan fingerprint density at radius 1 is 1.00 bits per heavy atom. The zero-order valence-corrected chi connectivity index (χ0v) is 17.7. The van der Waals surface area contributed by atoms with Gasteiger partial charge in [-0.1, -0.05) is 24.3 Å². The van der Waals surface area contributed by atoms with Crippen molar-refractivity contribution in [3.8, 4) is 11.5 Å². The van der Waals surface area contributed by atoms with Gasteiger partial charge in [-0.25, -0.2) is 8.42 Å². The van der Waals surface area contributed by atoms with E-state index in [9.17, 15) is 22.0 Å². The van der Waals surface area contributed by atoms with Gasteiger partial charge in [0.05, 0.1) is 12.0 Å². The van der Waals surface area contributed by atoms with Gasteiger partial charge in [-0.3, -0.25) is 9.52 Å². The van der Waals surface area contributed by atoms with Gasteiger partial charge in [0.2, 0.25) is 0 Å². The highest BCUT2D eigenvalue weighted by Crippen LogP contribution is 2.22. The van der Waals surface area contributed by atoms with E-state index in [-0.39, 0.29) is 22.8 Å². The van der Waals surface area contributed by atoms with Crippen LogP contribution in [0.2, 0.25) is 0 Å². The SMILES string of the molecule is COc1ccc(NS(=O)(=O)c2cccc(C(=O)NCc3ccccc3OC(F)F)c2)cc1. The summed E-state index contributed by atoms with van der Waals surface area (Å²) < 4.78 is 62.4. The second kappa shape index (κ2) is 10.1. The van der Waals surface area contributed by atoms with Crippen LogP contribution in [0.4, 0.5) is 14.5 Å². The van der Waals surface area contributed by atoms with Gasteiger partial charge in [0.25, 0.3) is 15.9 Å². The number of rotatable bonds is 9. The van der Waals surface area contributed by atoms with Crippen LogP contribution in [-0.4, -0.2) is 28.0 Å². The van der Waals surface area contributed by atoms with Crippen LogP contribution in [-0.2, 0) is 16.6 Å². The Kier molecular flexibility index (Phi) is 7.26. The summed E-state index contributed by atoms with van der Waals surface area (Å²) in [5.41, 5.74) is 0.775. The van der Waals surface area contributed by atoms with E-state index >= 15 is 0 Å². The minimum Gasteiger partial charge on any atom is -0.497 e. The molecular weight excluding hydrogens is 442 g/mol. The fraction of sp³-hybridized carbons (Fsp3) is 0.136. The first-order valence-corrected chi connectivity index (χ1v) is 10.8. The number of ether oxygens (including phenoxy) is 2. The summed E-state index contributed by atoms with van der Waals surface area (Å²) in [6.45, 7) is -3.07. The average molecular weight is 462 g/mol. The van der Waals surface area contributed by atoms with Crippen molar-refractivity contribution in [2.45, 2.75) is 18.1 Å². The lowest BCUT2D eigenvalue weighted by molar-refractivity contribution is -0.0504. The molecule has 0 atom stereocenters. The smallest absolute Gasteiger partial charge is 0.387 e. The van der Waals surface area contributed by atoms with Crippen LogP contribution in [0.25, 0.3) is 0 Å². The molecule has 0 saturated carbocycles. The van der Waals surface area contributed by atoms with Crippen molar-refractivity contribution in [2.24, 2.45) is 0 Å². The number of halogens is 2. The number of carbonyl (C=O) groups is 1. The van der Waals surface area contributed by atoms with Crippen LogP contribution >= 0.6 is 0 Å². The van der Waals surface area contributed by atoms with Crippen molar-refractivity contribution >= 4 is 21.6 Å². The van der Waals surface area contributed by atoms with Crippen LogP contribution in [0.1, 0.15) is 15.9 Å². The Labute approximate surface area is 184 Å². The maximum Gasteiger partial charge on any atom is 0.387 e. The van der Waals surface area contributed by atoms with E-state index in [0.717, 1.165) is 0 Å². The summed E-state index contributed by atoms with van der Waals surface area (Å²) in [6, 6.07) is 17.8. The van der Waals surface area contributed by atoms with Gasteiger partial charge in [0, 0.05) is 23.4 Å². The highest BCUT2D eigenvalue weighted by Gasteiger charge is 2.17. The molecular formula is C22H20F2N2O5S. The average Bonchev–Trinajstić information content (AvgIpc) is 2.78. The molecule has 10 heteroatoms. The summed E-state index contributed by atoms with van der Waals surface area (Å²) in [5, 5.41) is 2.58. The molecule has 7 nitrogen and oxygen atoms in total. The molecule has 0 fully saturated rings. The number of amides is 1. The van der Waals surface area contributed by atoms with Crippen molar-refractivity contribution in [3.63, 3.8) is 0 Å². The minimum absolute atomic E-state index is 0.0529. The highest BCUT2D eigenvalue weighted by atomic mass is 32.2. The lowest BCUT2D eigenvalue weighted by Crippen LogP contribution is -2.24. The number of hydrogen-bond acceptors (Lipinski definition) is 5. The third-order valence-corrected chi connectivity index (χ3v) is 5.76. The van der Waals surface area contributed by atoms with Crippen LogP contribution in [0, 0.1) is 0 Å². The van der Waals surface area contributed by atoms with Crippen LogP contribution < -0.4 is 19.5 Å². The summed E-state index contributed by atoms with van der Waals surface area (Å²) in [5.74, 6) is -0.0479. The Hall–Kier alpha value is -3.66. The van der Waals surface area contributed by atoms with Gasteiger partial charge in [0.15, 0.2) is 0 Å². The van der Waals surface area contributed by atoms with E-state index in [2.05, 4.69) is 14.8 Å². The molecule has 0 unspecified atom stereocenters. The van der Waals surface area contributed by atoms with Crippen molar-refractivity contribution < 1.29 is 31.5 Å². The number of sulfonamides is 1. The minimum atomic E-state index is -3.95. The number of nitrogens with one attached hydrogen (secondary N) is 2. The predicted octanol–water partition coefficient (Wildman–Crippen LogP) is 4.03. The Bertz CT molecular complexity index is 1180. The van der Waals surface area contributed by atoms with E-state index in [4.69, 9.17) is 4.74 Å². The highest BCUT2D eigenvalue weighted by molar-refractivity contribution is 7.92. The number of alkyl halides is 2. The van der Waals surface area contributed by atoms with Gasteiger partial charge >= 0.3 is 6.61 Å². The molecule has 0 aromatic heterocycles. The van der Waals surface area contributed by atoms with E-state index in [1.165, 1.54) is 49.6 Å². The Morgan fingerprint density at radius 3 is 2.41 bits per heavy atom. The molecule has 2 N–H and O–H groups in total. The van der Waals surface area contributed by atoms with E-state index < -0.39 is 22.5 Å². The molecule has 0 bridgehead atoms. The van der Waals surface area contributed by atoms with Crippen molar-refractivity contribution in [1.82, 2.24) is 5.32 Å². The second-order valence-electron chi connectivity index (χ2n) is 6.53. The fourth-order valence-electron chi connectivity index (χ4n) is 2.82. The van der Waals surface area contributed by atoms with Crippen molar-refractivity contribution in [2.75, 3.05) is 11.8 Å². The van der Waals surface area contributed by atoms with Gasteiger partial charge in [-0.15, -0.1) is 0 Å². The van der Waals surface area contributed by atoms with Crippen LogP contribution in [0.3, 0.4) is 0 Å². The van der Waals surface area contributed by atoms with Gasteiger partial charge in [-0.2, -0.15) is 8.78 Å². The lowest BCUT2D eigenvalue weighted by Gasteiger charge is -2.12. The topological polar surface area (TPSA) is 93.7 Å². The second-order valence-corrected chi connectivity index (χ2v) is 8.21. The maximum absolute atomic E-state index is 12.7. The summed E-state index contributed by atoms with van der Waals surface area (Å²) in [7, 11) is -2.45. The molecule has 0 aliphatic carbocycles. The van der Waals surface area contributed by atoms with Crippen molar-refractivity contribution in [1.29, 1.82) is 0 Å². The molecule has 32 heavy (non-hydrogen) atoms. The third-order valence-electron chi connectivity index (χ3n) is 4.38. The third kappa shape index (κ3) is 5.94. The Balaban J connectivity index is 1.71. The first-order valence-electron chi connectivity index (χ1n) is 9.36. The predicted molar refractivity (Wildman–Crippen MR) is 114 cm³/mol. The maximum atomic E-state index is 12.7. The molecule has 0 aliphatic heterocycles. The fourth-order valence-corrected chi connectivity index (χ4v) is 3.92. The Morgan fingerprint density at radius 2 is 1.72 bits per heavy atom. The summed E-state index contributed by atoms with van der Waals surface area (Å²) in [4.78, 5) is 12.4. The monoisotopic (exact) mass is 462 g/mol. The number of carbonyl (C=O) groups excluding carboxylic acids is 1. The molecule has 3 aromatic rings. The molecule has 3 aromatic carbocycles. The number of anilines is 1. The molecule has 0 spiro atoms. The number of benzene rings is 3. The first-order chi connectivity index (χ1) is 15.3. The van der Waals surface area contributed by atoms with E-state index in [1.54, 1.807) is 30.3 Å². The van der Waals surface area contributed by atoms with Gasteiger partial charge in [-0.05, 0) is 48.5 Å². The molecule has 168 valence electrons. The molecule has 0 radical (unpaired) electrons. The summed E-state index contributed by atoms with van der Waals surface area (Å²) in [6.07, 6.45) is 0. The zero-order chi connectivity index (χ0) is 23.1.